The Morgan fingerprint density at radius 1 is 1.38 bits per heavy atom. The van der Waals surface area contributed by atoms with Crippen molar-refractivity contribution in [2.75, 3.05) is 5.75 Å². The Balaban J connectivity index is 3.01. The molecule has 0 bridgehead atoms. The van der Waals surface area contributed by atoms with E-state index < -0.39 is 0 Å². The second-order valence-corrected chi connectivity index (χ2v) is 4.26. The molecule has 0 amide bonds. The van der Waals surface area contributed by atoms with Crippen molar-refractivity contribution >= 4 is 12.6 Å². The quantitative estimate of drug-likeness (QED) is 0.711. The Morgan fingerprint density at radius 2 is 2.08 bits per heavy atom. The van der Waals surface area contributed by atoms with E-state index in [4.69, 9.17) is 5.73 Å². The van der Waals surface area contributed by atoms with Gasteiger partial charge in [0.1, 0.15) is 0 Å². The fourth-order valence-electron chi connectivity index (χ4n) is 1.21. The van der Waals surface area contributed by atoms with E-state index in [1.165, 1.54) is 11.1 Å². The third-order valence-electron chi connectivity index (χ3n) is 2.34. The van der Waals surface area contributed by atoms with Gasteiger partial charge in [-0.25, -0.2) is 0 Å². The molecule has 2 N–H and O–H groups in total. The van der Waals surface area contributed by atoms with Crippen molar-refractivity contribution in [3.63, 3.8) is 0 Å². The highest BCUT2D eigenvalue weighted by molar-refractivity contribution is 7.80. The monoisotopic (exact) mass is 195 g/mol. The molecule has 0 unspecified atom stereocenters. The normalized spacial score (nSPS) is 11.7. The summed E-state index contributed by atoms with van der Waals surface area (Å²) in [6, 6.07) is 8.41. The number of hydrogen-bond acceptors (Lipinski definition) is 2. The number of thiol groups is 1. The zero-order valence-electron chi connectivity index (χ0n) is 8.25. The van der Waals surface area contributed by atoms with Gasteiger partial charge < -0.3 is 5.73 Å². The molecule has 0 saturated heterocycles. The Labute approximate surface area is 85.8 Å². The van der Waals surface area contributed by atoms with Crippen LogP contribution in [0.4, 0.5) is 0 Å². The van der Waals surface area contributed by atoms with Gasteiger partial charge >= 0.3 is 0 Å². The zero-order chi connectivity index (χ0) is 9.90. The molecule has 0 aliphatic rings. The average molecular weight is 195 g/mol. The second kappa shape index (κ2) is 4.16. The van der Waals surface area contributed by atoms with E-state index in [1.54, 1.807) is 0 Å². The Morgan fingerprint density at radius 3 is 2.62 bits per heavy atom. The lowest BCUT2D eigenvalue weighted by atomic mass is 9.86. The van der Waals surface area contributed by atoms with Gasteiger partial charge in [0, 0.05) is 6.54 Å². The summed E-state index contributed by atoms with van der Waals surface area (Å²) in [6.07, 6.45) is 0. The van der Waals surface area contributed by atoms with Crippen molar-refractivity contribution in [1.82, 2.24) is 0 Å². The molecule has 0 aromatic heterocycles. The largest absolute Gasteiger partial charge is 0.326 e. The van der Waals surface area contributed by atoms with E-state index in [-0.39, 0.29) is 5.41 Å². The minimum Gasteiger partial charge on any atom is -0.326 e. The van der Waals surface area contributed by atoms with Gasteiger partial charge in [0.2, 0.25) is 0 Å². The van der Waals surface area contributed by atoms with Crippen LogP contribution in [0.15, 0.2) is 24.3 Å². The molecular formula is C11H17NS. The van der Waals surface area contributed by atoms with Crippen molar-refractivity contribution in [2.45, 2.75) is 25.8 Å². The summed E-state index contributed by atoms with van der Waals surface area (Å²) in [5.74, 6) is 0.848. The molecule has 1 nitrogen and oxygen atoms in total. The fourth-order valence-corrected chi connectivity index (χ4v) is 1.39. The minimum atomic E-state index is 0.133. The first kappa shape index (κ1) is 10.6. The van der Waals surface area contributed by atoms with E-state index in [0.717, 1.165) is 5.75 Å². The molecule has 1 aromatic rings. The summed E-state index contributed by atoms with van der Waals surface area (Å²) < 4.78 is 0. The van der Waals surface area contributed by atoms with Crippen LogP contribution in [0, 0.1) is 0 Å². The Hall–Kier alpha value is -0.470. The van der Waals surface area contributed by atoms with E-state index >= 15 is 0 Å². The second-order valence-electron chi connectivity index (χ2n) is 3.95. The van der Waals surface area contributed by atoms with Gasteiger partial charge in [-0.2, -0.15) is 12.6 Å². The lowest BCUT2D eigenvalue weighted by Crippen LogP contribution is -2.19. The van der Waals surface area contributed by atoms with Crippen molar-refractivity contribution in [2.24, 2.45) is 5.73 Å². The van der Waals surface area contributed by atoms with Gasteiger partial charge in [-0.3, -0.25) is 0 Å². The van der Waals surface area contributed by atoms with E-state index in [9.17, 15) is 0 Å². The van der Waals surface area contributed by atoms with Crippen LogP contribution in [0.25, 0.3) is 0 Å². The fraction of sp³-hybridized carbons (Fsp3) is 0.455. The third-order valence-corrected chi connectivity index (χ3v) is 3.13. The summed E-state index contributed by atoms with van der Waals surface area (Å²) in [6.45, 7) is 4.99. The maximum atomic E-state index is 5.58. The predicted molar refractivity (Wildman–Crippen MR) is 61.2 cm³/mol. The molecule has 0 radical (unpaired) electrons. The van der Waals surface area contributed by atoms with Crippen LogP contribution >= 0.6 is 12.6 Å². The highest BCUT2D eigenvalue weighted by atomic mass is 32.1. The maximum absolute atomic E-state index is 5.58. The molecular weight excluding hydrogens is 178 g/mol. The molecule has 72 valence electrons. The first-order valence-corrected chi connectivity index (χ1v) is 5.14. The summed E-state index contributed by atoms with van der Waals surface area (Å²) in [7, 11) is 0. The predicted octanol–water partition coefficient (Wildman–Crippen LogP) is 2.35. The van der Waals surface area contributed by atoms with Crippen molar-refractivity contribution in [1.29, 1.82) is 0 Å². The summed E-state index contributed by atoms with van der Waals surface area (Å²) in [4.78, 5) is 0. The number of benzene rings is 1. The van der Waals surface area contributed by atoms with Gasteiger partial charge in [-0.1, -0.05) is 38.1 Å². The molecule has 13 heavy (non-hydrogen) atoms. The smallest absolute Gasteiger partial charge is 0.0178 e. The first-order chi connectivity index (χ1) is 6.10. The van der Waals surface area contributed by atoms with E-state index in [2.05, 4.69) is 50.7 Å². The first-order valence-electron chi connectivity index (χ1n) is 4.50. The van der Waals surface area contributed by atoms with Crippen molar-refractivity contribution < 1.29 is 0 Å². The molecule has 0 spiro atoms. The minimum absolute atomic E-state index is 0.133. The van der Waals surface area contributed by atoms with Crippen LogP contribution in [0.2, 0.25) is 0 Å². The standard InChI is InChI=1S/C11H17NS/c1-11(2,8-13)10-5-3-4-9(6-10)7-12/h3-6,13H,7-8,12H2,1-2H3. The molecule has 1 rings (SSSR count). The molecule has 2 heteroatoms. The maximum Gasteiger partial charge on any atom is 0.0178 e. The third kappa shape index (κ3) is 2.48. The van der Waals surface area contributed by atoms with Crippen LogP contribution in [-0.4, -0.2) is 5.75 Å². The summed E-state index contributed by atoms with van der Waals surface area (Å²) in [5.41, 5.74) is 8.22. The summed E-state index contributed by atoms with van der Waals surface area (Å²) >= 11 is 4.34. The zero-order valence-corrected chi connectivity index (χ0v) is 9.14. The molecule has 0 fully saturated rings. The van der Waals surface area contributed by atoms with Crippen LogP contribution in [0.1, 0.15) is 25.0 Å². The number of hydrogen-bond donors (Lipinski definition) is 2. The topological polar surface area (TPSA) is 26.0 Å². The number of nitrogens with two attached hydrogens (primary N) is 1. The highest BCUT2D eigenvalue weighted by Gasteiger charge is 2.18. The Bertz CT molecular complexity index is 281. The lowest BCUT2D eigenvalue weighted by molar-refractivity contribution is 0.603. The van der Waals surface area contributed by atoms with Gasteiger partial charge in [0.25, 0.3) is 0 Å². The molecule has 0 atom stereocenters. The molecule has 1 aromatic carbocycles. The van der Waals surface area contributed by atoms with E-state index in [1.807, 2.05) is 0 Å². The number of rotatable bonds is 3. The molecule has 0 aliphatic heterocycles. The van der Waals surface area contributed by atoms with Gasteiger partial charge in [0.15, 0.2) is 0 Å². The Kier molecular flexibility index (Phi) is 3.40. The van der Waals surface area contributed by atoms with Crippen molar-refractivity contribution in [3.8, 4) is 0 Å². The molecule has 0 heterocycles. The van der Waals surface area contributed by atoms with Crippen molar-refractivity contribution in [3.05, 3.63) is 35.4 Å². The van der Waals surface area contributed by atoms with Crippen LogP contribution in [0.3, 0.4) is 0 Å². The van der Waals surface area contributed by atoms with Gasteiger partial charge in [-0.05, 0) is 22.3 Å². The summed E-state index contributed by atoms with van der Waals surface area (Å²) in [5, 5.41) is 0. The average Bonchev–Trinajstić information content (AvgIpc) is 2.18. The van der Waals surface area contributed by atoms with Gasteiger partial charge in [-0.15, -0.1) is 0 Å². The highest BCUT2D eigenvalue weighted by Crippen LogP contribution is 2.24. The van der Waals surface area contributed by atoms with Gasteiger partial charge in [0.05, 0.1) is 0 Å². The lowest BCUT2D eigenvalue weighted by Gasteiger charge is -2.23. The van der Waals surface area contributed by atoms with Crippen LogP contribution in [0.5, 0.6) is 0 Å². The van der Waals surface area contributed by atoms with Crippen LogP contribution in [-0.2, 0) is 12.0 Å². The van der Waals surface area contributed by atoms with E-state index in [0.29, 0.717) is 6.54 Å². The molecule has 0 aliphatic carbocycles. The molecule has 0 saturated carbocycles. The van der Waals surface area contributed by atoms with Crippen LogP contribution < -0.4 is 5.73 Å². The SMILES string of the molecule is CC(C)(CS)c1cccc(CN)c1.